The van der Waals surface area contributed by atoms with Crippen LogP contribution >= 0.6 is 0 Å². The Labute approximate surface area is 131 Å². The topological polar surface area (TPSA) is 58.4 Å². The molecule has 116 valence electrons. The first kappa shape index (κ1) is 16.0. The van der Waals surface area contributed by atoms with Crippen molar-refractivity contribution in [2.24, 2.45) is 0 Å². The van der Waals surface area contributed by atoms with E-state index in [1.165, 1.54) is 5.56 Å². The average Bonchev–Trinajstić information content (AvgIpc) is 2.51. The highest BCUT2D eigenvalue weighted by molar-refractivity contribution is 5.95. The third-order valence-electron chi connectivity index (χ3n) is 3.83. The van der Waals surface area contributed by atoms with Gasteiger partial charge in [-0.1, -0.05) is 36.4 Å². The van der Waals surface area contributed by atoms with Crippen LogP contribution in [-0.2, 0) is 11.3 Å². The van der Waals surface area contributed by atoms with Crippen LogP contribution in [0.1, 0.15) is 18.1 Å². The van der Waals surface area contributed by atoms with Crippen molar-refractivity contribution in [3.63, 3.8) is 0 Å². The molecule has 4 heteroatoms. The van der Waals surface area contributed by atoms with E-state index in [2.05, 4.69) is 17.4 Å². The van der Waals surface area contributed by atoms with Crippen molar-refractivity contribution in [1.29, 1.82) is 0 Å². The lowest BCUT2D eigenvalue weighted by molar-refractivity contribution is -0.120. The maximum absolute atomic E-state index is 12.4. The fraction of sp³-hybridized carbons (Fsp3) is 0.278. The minimum absolute atomic E-state index is 0.0351. The summed E-state index contributed by atoms with van der Waals surface area (Å²) >= 11 is 0. The van der Waals surface area contributed by atoms with Gasteiger partial charge < -0.3 is 11.1 Å². The smallest absolute Gasteiger partial charge is 0.241 e. The van der Waals surface area contributed by atoms with Crippen molar-refractivity contribution >= 4 is 17.3 Å². The number of nitrogens with two attached hydrogens (primary N) is 1. The van der Waals surface area contributed by atoms with Crippen LogP contribution in [-0.4, -0.2) is 23.9 Å². The van der Waals surface area contributed by atoms with Gasteiger partial charge >= 0.3 is 0 Å². The molecule has 2 rings (SSSR count). The summed E-state index contributed by atoms with van der Waals surface area (Å²) in [6, 6.07) is 15.4. The zero-order valence-corrected chi connectivity index (χ0v) is 13.3. The van der Waals surface area contributed by atoms with Crippen molar-refractivity contribution in [1.82, 2.24) is 4.90 Å². The van der Waals surface area contributed by atoms with Gasteiger partial charge in [0, 0.05) is 17.9 Å². The van der Waals surface area contributed by atoms with Crippen molar-refractivity contribution in [3.05, 3.63) is 59.7 Å². The number of nitrogens with zero attached hydrogens (tertiary/aromatic N) is 1. The third-order valence-corrected chi connectivity index (χ3v) is 3.83. The number of carbonyl (C=O) groups is 1. The van der Waals surface area contributed by atoms with Crippen LogP contribution < -0.4 is 11.1 Å². The quantitative estimate of drug-likeness (QED) is 0.834. The predicted octanol–water partition coefficient (Wildman–Crippen LogP) is 3.04. The van der Waals surface area contributed by atoms with E-state index in [1.54, 1.807) is 6.07 Å². The summed E-state index contributed by atoms with van der Waals surface area (Å²) in [5.41, 5.74) is 9.38. The van der Waals surface area contributed by atoms with Crippen molar-refractivity contribution in [2.45, 2.75) is 26.4 Å². The number of rotatable bonds is 5. The molecule has 1 unspecified atom stereocenters. The summed E-state index contributed by atoms with van der Waals surface area (Å²) in [4.78, 5) is 14.4. The molecule has 0 aliphatic carbocycles. The molecule has 0 fully saturated rings. The van der Waals surface area contributed by atoms with Crippen LogP contribution in [0.4, 0.5) is 11.4 Å². The number of carbonyl (C=O) groups excluding carboxylic acids is 1. The number of nitrogens with one attached hydrogen (secondary N) is 1. The molecule has 0 radical (unpaired) electrons. The zero-order chi connectivity index (χ0) is 16.1. The Morgan fingerprint density at radius 1 is 1.23 bits per heavy atom. The zero-order valence-electron chi connectivity index (χ0n) is 13.3. The highest BCUT2D eigenvalue weighted by Gasteiger charge is 2.18. The van der Waals surface area contributed by atoms with E-state index < -0.39 is 0 Å². The van der Waals surface area contributed by atoms with Gasteiger partial charge in [0.25, 0.3) is 0 Å². The normalized spacial score (nSPS) is 12.2. The molecular formula is C18H23N3O. The number of anilines is 2. The molecule has 2 aromatic rings. The van der Waals surface area contributed by atoms with E-state index in [9.17, 15) is 4.79 Å². The largest absolute Gasteiger partial charge is 0.399 e. The molecule has 0 spiro atoms. The summed E-state index contributed by atoms with van der Waals surface area (Å²) in [5, 5.41) is 2.96. The molecule has 1 atom stereocenters. The number of hydrogen-bond donors (Lipinski definition) is 2. The molecule has 2 aromatic carbocycles. The maximum Gasteiger partial charge on any atom is 0.241 e. The van der Waals surface area contributed by atoms with Gasteiger partial charge in [0.1, 0.15) is 0 Å². The first-order valence-electron chi connectivity index (χ1n) is 7.38. The van der Waals surface area contributed by atoms with Crippen LogP contribution in [0.25, 0.3) is 0 Å². The second-order valence-electron chi connectivity index (χ2n) is 5.64. The van der Waals surface area contributed by atoms with E-state index in [4.69, 9.17) is 5.73 Å². The van der Waals surface area contributed by atoms with Crippen molar-refractivity contribution < 1.29 is 4.79 Å². The fourth-order valence-electron chi connectivity index (χ4n) is 2.22. The van der Waals surface area contributed by atoms with Gasteiger partial charge in [0.05, 0.1) is 6.04 Å². The lowest BCUT2D eigenvalue weighted by Gasteiger charge is -2.24. The van der Waals surface area contributed by atoms with Crippen LogP contribution in [0.2, 0.25) is 0 Å². The van der Waals surface area contributed by atoms with Gasteiger partial charge in [0.15, 0.2) is 0 Å². The Morgan fingerprint density at radius 2 is 1.91 bits per heavy atom. The Hall–Kier alpha value is -2.33. The molecule has 0 bridgehead atoms. The number of likely N-dealkylation sites (N-methyl/N-ethyl adjacent to an activating group) is 1. The van der Waals surface area contributed by atoms with E-state index in [-0.39, 0.29) is 11.9 Å². The second kappa shape index (κ2) is 7.09. The molecule has 0 aliphatic heterocycles. The standard InChI is InChI=1S/C18H23N3O/c1-13-9-10-16(19)11-17(13)20-18(22)14(2)21(3)12-15-7-5-4-6-8-15/h4-11,14H,12,19H2,1-3H3,(H,20,22). The molecule has 0 saturated carbocycles. The van der Waals surface area contributed by atoms with Crippen molar-refractivity contribution in [2.75, 3.05) is 18.1 Å². The van der Waals surface area contributed by atoms with Gasteiger partial charge in [-0.3, -0.25) is 9.69 Å². The number of aryl methyl sites for hydroxylation is 1. The van der Waals surface area contributed by atoms with Gasteiger partial charge in [-0.2, -0.15) is 0 Å². The Kier molecular flexibility index (Phi) is 5.17. The van der Waals surface area contributed by atoms with Gasteiger partial charge in [-0.05, 0) is 44.2 Å². The first-order valence-corrected chi connectivity index (χ1v) is 7.38. The number of hydrogen-bond acceptors (Lipinski definition) is 3. The van der Waals surface area contributed by atoms with Crippen LogP contribution in [0.5, 0.6) is 0 Å². The van der Waals surface area contributed by atoms with Crippen LogP contribution in [0, 0.1) is 6.92 Å². The first-order chi connectivity index (χ1) is 10.5. The monoisotopic (exact) mass is 297 g/mol. The van der Waals surface area contributed by atoms with E-state index >= 15 is 0 Å². The Balaban J connectivity index is 2.01. The van der Waals surface area contributed by atoms with Crippen molar-refractivity contribution in [3.8, 4) is 0 Å². The molecule has 0 aromatic heterocycles. The second-order valence-corrected chi connectivity index (χ2v) is 5.64. The van der Waals surface area contributed by atoms with E-state index in [1.807, 2.05) is 56.1 Å². The lowest BCUT2D eigenvalue weighted by Crippen LogP contribution is -2.39. The fourth-order valence-corrected chi connectivity index (χ4v) is 2.22. The van der Waals surface area contributed by atoms with Gasteiger partial charge in [-0.25, -0.2) is 0 Å². The summed E-state index contributed by atoms with van der Waals surface area (Å²) < 4.78 is 0. The molecule has 3 N–H and O–H groups in total. The summed E-state index contributed by atoms with van der Waals surface area (Å²) in [7, 11) is 1.95. The van der Waals surface area contributed by atoms with E-state index in [0.29, 0.717) is 5.69 Å². The molecule has 1 amide bonds. The molecule has 0 heterocycles. The van der Waals surface area contributed by atoms with Crippen LogP contribution in [0.15, 0.2) is 48.5 Å². The number of benzene rings is 2. The van der Waals surface area contributed by atoms with Gasteiger partial charge in [-0.15, -0.1) is 0 Å². The summed E-state index contributed by atoms with van der Waals surface area (Å²) in [6.07, 6.45) is 0. The average molecular weight is 297 g/mol. The van der Waals surface area contributed by atoms with Crippen LogP contribution in [0.3, 0.4) is 0 Å². The summed E-state index contributed by atoms with van der Waals surface area (Å²) in [5.74, 6) is -0.0351. The maximum atomic E-state index is 12.4. The number of amides is 1. The van der Waals surface area contributed by atoms with E-state index in [0.717, 1.165) is 17.8 Å². The molecule has 0 aliphatic rings. The van der Waals surface area contributed by atoms with Gasteiger partial charge in [0.2, 0.25) is 5.91 Å². The molecule has 0 saturated heterocycles. The molecule has 4 nitrogen and oxygen atoms in total. The molecule has 22 heavy (non-hydrogen) atoms. The highest BCUT2D eigenvalue weighted by atomic mass is 16.2. The minimum Gasteiger partial charge on any atom is -0.399 e. The SMILES string of the molecule is Cc1ccc(N)cc1NC(=O)C(C)N(C)Cc1ccccc1. The highest BCUT2D eigenvalue weighted by Crippen LogP contribution is 2.19. The Bertz CT molecular complexity index is 640. The number of nitrogen functional groups attached to an aromatic ring is 1. The predicted molar refractivity (Wildman–Crippen MR) is 91.6 cm³/mol. The minimum atomic E-state index is -0.235. The lowest BCUT2D eigenvalue weighted by atomic mass is 10.1. The third kappa shape index (κ3) is 4.09. The Morgan fingerprint density at radius 3 is 2.59 bits per heavy atom. The molecular weight excluding hydrogens is 274 g/mol. The summed E-state index contributed by atoms with van der Waals surface area (Å²) in [6.45, 7) is 4.58.